The summed E-state index contributed by atoms with van der Waals surface area (Å²) in [7, 11) is 1.69. The van der Waals surface area contributed by atoms with Crippen LogP contribution in [0.5, 0.6) is 11.5 Å². The number of hydrogen-bond donors (Lipinski definition) is 1. The average Bonchev–Trinajstić information content (AvgIpc) is 2.40. The van der Waals surface area contributed by atoms with Crippen molar-refractivity contribution in [2.75, 3.05) is 7.11 Å². The molecule has 0 unspecified atom stereocenters. The molecule has 2 aromatic rings. The Kier molecular flexibility index (Phi) is 2.29. The molecule has 0 saturated heterocycles. The minimum absolute atomic E-state index is 0.403. The van der Waals surface area contributed by atoms with Crippen LogP contribution in [0.15, 0.2) is 36.4 Å². The molecule has 3 rings (SSSR count). The second-order valence-electron chi connectivity index (χ2n) is 4.26. The molecule has 0 saturated carbocycles. The van der Waals surface area contributed by atoms with E-state index < -0.39 is 0 Å². The van der Waals surface area contributed by atoms with Crippen LogP contribution >= 0.6 is 0 Å². The molecule has 2 nitrogen and oxygen atoms in total. The summed E-state index contributed by atoms with van der Waals surface area (Å²) in [6, 6.07) is 7.83. The third kappa shape index (κ3) is 1.41. The van der Waals surface area contributed by atoms with E-state index in [9.17, 15) is 5.11 Å². The molecule has 1 aliphatic rings. The zero-order valence-corrected chi connectivity index (χ0v) is 9.73. The van der Waals surface area contributed by atoms with Crippen LogP contribution in [0, 0.1) is 0 Å². The second kappa shape index (κ2) is 3.81. The third-order valence-corrected chi connectivity index (χ3v) is 3.37. The quantitative estimate of drug-likeness (QED) is 0.756. The lowest BCUT2D eigenvalue weighted by Crippen LogP contribution is -2.02. The molecule has 2 heteroatoms. The van der Waals surface area contributed by atoms with Crippen LogP contribution in [-0.4, -0.2) is 12.2 Å². The van der Waals surface area contributed by atoms with Crippen molar-refractivity contribution in [3.8, 4) is 11.5 Å². The number of hydrogen-bond acceptors (Lipinski definition) is 2. The van der Waals surface area contributed by atoms with Crippen molar-refractivity contribution >= 4 is 10.8 Å². The van der Waals surface area contributed by atoms with Crippen molar-refractivity contribution in [3.63, 3.8) is 0 Å². The maximum absolute atomic E-state index is 10.3. The number of phenolic OH excluding ortho intramolecular Hbond substituents is 1. The highest BCUT2D eigenvalue weighted by Crippen LogP contribution is 2.41. The minimum Gasteiger partial charge on any atom is -0.507 e. The SMILES string of the molecule is COc1c2c(c(O)c3ccccc13)CC=CC2. The highest BCUT2D eigenvalue weighted by Gasteiger charge is 2.19. The highest BCUT2D eigenvalue weighted by atomic mass is 16.5. The zero-order chi connectivity index (χ0) is 11.8. The zero-order valence-electron chi connectivity index (χ0n) is 9.73. The van der Waals surface area contributed by atoms with Gasteiger partial charge in [0.15, 0.2) is 0 Å². The first kappa shape index (κ1) is 10.2. The summed E-state index contributed by atoms with van der Waals surface area (Å²) in [6.45, 7) is 0. The van der Waals surface area contributed by atoms with Gasteiger partial charge in [0, 0.05) is 21.9 Å². The van der Waals surface area contributed by atoms with Gasteiger partial charge in [-0.2, -0.15) is 0 Å². The fourth-order valence-electron chi connectivity index (χ4n) is 2.56. The van der Waals surface area contributed by atoms with Gasteiger partial charge in [0.2, 0.25) is 0 Å². The first-order valence-corrected chi connectivity index (χ1v) is 5.77. The van der Waals surface area contributed by atoms with E-state index in [1.807, 2.05) is 24.3 Å². The van der Waals surface area contributed by atoms with E-state index in [4.69, 9.17) is 4.74 Å². The number of benzene rings is 2. The van der Waals surface area contributed by atoms with E-state index in [1.165, 1.54) is 0 Å². The van der Waals surface area contributed by atoms with Crippen molar-refractivity contribution in [2.24, 2.45) is 0 Å². The topological polar surface area (TPSA) is 29.5 Å². The fraction of sp³-hybridized carbons (Fsp3) is 0.200. The average molecular weight is 226 g/mol. The predicted molar refractivity (Wildman–Crippen MR) is 68.7 cm³/mol. The van der Waals surface area contributed by atoms with Gasteiger partial charge in [-0.05, 0) is 12.8 Å². The third-order valence-electron chi connectivity index (χ3n) is 3.37. The molecule has 86 valence electrons. The molecule has 0 spiro atoms. The molecule has 1 N–H and O–H groups in total. The van der Waals surface area contributed by atoms with Crippen molar-refractivity contribution < 1.29 is 9.84 Å². The van der Waals surface area contributed by atoms with Crippen molar-refractivity contribution in [1.82, 2.24) is 0 Å². The summed E-state index contributed by atoms with van der Waals surface area (Å²) in [5.41, 5.74) is 2.12. The Hall–Kier alpha value is -1.96. The van der Waals surface area contributed by atoms with Gasteiger partial charge in [-0.3, -0.25) is 0 Å². The molecular weight excluding hydrogens is 212 g/mol. The molecule has 0 amide bonds. The van der Waals surface area contributed by atoms with Gasteiger partial charge in [-0.1, -0.05) is 36.4 Å². The summed E-state index contributed by atoms with van der Waals surface area (Å²) < 4.78 is 5.54. The summed E-state index contributed by atoms with van der Waals surface area (Å²) in [6.07, 6.45) is 5.83. The van der Waals surface area contributed by atoms with Crippen molar-refractivity contribution in [1.29, 1.82) is 0 Å². The van der Waals surface area contributed by atoms with Gasteiger partial charge in [-0.15, -0.1) is 0 Å². The lowest BCUT2D eigenvalue weighted by atomic mass is 9.91. The van der Waals surface area contributed by atoms with Crippen LogP contribution in [-0.2, 0) is 12.8 Å². The standard InChI is InChI=1S/C15H14O2/c1-17-15-12-8-4-2-6-10(12)14(16)11-7-3-5-9-13(11)15/h2-6,8,16H,7,9H2,1H3. The fourth-order valence-corrected chi connectivity index (χ4v) is 2.56. The van der Waals surface area contributed by atoms with E-state index in [-0.39, 0.29) is 0 Å². The molecule has 0 bridgehead atoms. The Morgan fingerprint density at radius 2 is 1.65 bits per heavy atom. The monoisotopic (exact) mass is 226 g/mol. The molecule has 0 aromatic heterocycles. The number of aromatic hydroxyl groups is 1. The van der Waals surface area contributed by atoms with E-state index >= 15 is 0 Å². The number of rotatable bonds is 1. The lowest BCUT2D eigenvalue weighted by Gasteiger charge is -2.19. The number of methoxy groups -OCH3 is 1. The van der Waals surface area contributed by atoms with Crippen LogP contribution in [0.4, 0.5) is 0 Å². The minimum atomic E-state index is 0.403. The summed E-state index contributed by atoms with van der Waals surface area (Å²) in [5.74, 6) is 1.30. The molecule has 0 atom stereocenters. The van der Waals surface area contributed by atoms with Gasteiger partial charge in [0.05, 0.1) is 7.11 Å². The normalized spacial score (nSPS) is 13.7. The van der Waals surface area contributed by atoms with E-state index in [1.54, 1.807) is 7.11 Å². The first-order valence-electron chi connectivity index (χ1n) is 5.77. The predicted octanol–water partition coefficient (Wildman–Crippen LogP) is 3.21. The molecule has 1 aliphatic carbocycles. The van der Waals surface area contributed by atoms with Gasteiger partial charge in [0.1, 0.15) is 11.5 Å². The lowest BCUT2D eigenvalue weighted by molar-refractivity contribution is 0.412. The Balaban J connectivity index is 2.45. The van der Waals surface area contributed by atoms with Crippen LogP contribution < -0.4 is 4.74 Å². The number of fused-ring (bicyclic) bond motifs is 2. The maximum atomic E-state index is 10.3. The number of allylic oxidation sites excluding steroid dienone is 2. The molecule has 0 aliphatic heterocycles. The van der Waals surface area contributed by atoms with Crippen molar-refractivity contribution in [3.05, 3.63) is 47.5 Å². The molecule has 0 radical (unpaired) electrons. The van der Waals surface area contributed by atoms with Gasteiger partial charge < -0.3 is 9.84 Å². The molecule has 2 aromatic carbocycles. The largest absolute Gasteiger partial charge is 0.507 e. The molecular formula is C15H14O2. The van der Waals surface area contributed by atoms with Gasteiger partial charge in [0.25, 0.3) is 0 Å². The molecule has 0 fully saturated rings. The first-order chi connectivity index (χ1) is 8.33. The number of ether oxygens (including phenoxy) is 1. The maximum Gasteiger partial charge on any atom is 0.130 e. The van der Waals surface area contributed by atoms with Crippen LogP contribution in [0.3, 0.4) is 0 Å². The Morgan fingerprint density at radius 3 is 2.35 bits per heavy atom. The Morgan fingerprint density at radius 1 is 1.00 bits per heavy atom. The van der Waals surface area contributed by atoms with Crippen LogP contribution in [0.2, 0.25) is 0 Å². The number of phenols is 1. The summed E-state index contributed by atoms with van der Waals surface area (Å²) in [4.78, 5) is 0. The van der Waals surface area contributed by atoms with E-state index in [2.05, 4.69) is 12.2 Å². The Labute approximate surface area is 100 Å². The van der Waals surface area contributed by atoms with Gasteiger partial charge in [-0.25, -0.2) is 0 Å². The second-order valence-corrected chi connectivity index (χ2v) is 4.26. The smallest absolute Gasteiger partial charge is 0.130 e. The van der Waals surface area contributed by atoms with Gasteiger partial charge >= 0.3 is 0 Å². The van der Waals surface area contributed by atoms with E-state index in [0.717, 1.165) is 40.5 Å². The molecule has 0 heterocycles. The summed E-state index contributed by atoms with van der Waals surface area (Å²) in [5, 5.41) is 12.2. The summed E-state index contributed by atoms with van der Waals surface area (Å²) >= 11 is 0. The van der Waals surface area contributed by atoms with Crippen molar-refractivity contribution in [2.45, 2.75) is 12.8 Å². The molecule has 17 heavy (non-hydrogen) atoms. The van der Waals surface area contributed by atoms with Crippen LogP contribution in [0.25, 0.3) is 10.8 Å². The Bertz CT molecular complexity index is 612. The van der Waals surface area contributed by atoms with Crippen LogP contribution in [0.1, 0.15) is 11.1 Å². The van der Waals surface area contributed by atoms with E-state index in [0.29, 0.717) is 5.75 Å². The highest BCUT2D eigenvalue weighted by molar-refractivity contribution is 5.96.